The second-order valence-electron chi connectivity index (χ2n) is 14.5. The summed E-state index contributed by atoms with van der Waals surface area (Å²) in [5.74, 6) is 0. The Morgan fingerprint density at radius 1 is 0.325 bits per heavy atom. The minimum atomic E-state index is -1.79. The van der Waals surface area contributed by atoms with Crippen LogP contribution in [0.15, 0.2) is 48.5 Å². The van der Waals surface area contributed by atoms with Crippen molar-refractivity contribution in [3.63, 3.8) is 0 Å². The maximum atomic E-state index is 2.53. The summed E-state index contributed by atoms with van der Waals surface area (Å²) < 4.78 is 13.6. The van der Waals surface area contributed by atoms with E-state index in [9.17, 15) is 0 Å². The van der Waals surface area contributed by atoms with Crippen LogP contribution >= 0.6 is 0 Å². The molecular weight excluding hydrogens is 1180 g/mol. The zero-order valence-corrected chi connectivity index (χ0v) is 44.8. The van der Waals surface area contributed by atoms with Crippen molar-refractivity contribution < 1.29 is 0 Å². The van der Waals surface area contributed by atoms with Crippen molar-refractivity contribution in [3.05, 3.63) is 66.3 Å². The fourth-order valence-electron chi connectivity index (χ4n) is 3.71. The van der Waals surface area contributed by atoms with Gasteiger partial charge in [-0.1, -0.05) is 0 Å². The van der Waals surface area contributed by atoms with E-state index in [4.69, 9.17) is 0 Å². The van der Waals surface area contributed by atoms with Gasteiger partial charge in [0.25, 0.3) is 0 Å². The molecule has 0 aliphatic rings. The summed E-state index contributed by atoms with van der Waals surface area (Å²) in [6.07, 6.45) is 9.57. The van der Waals surface area contributed by atoms with E-state index in [-0.39, 0.29) is 0 Å². The molecule has 0 saturated heterocycles. The molecule has 0 fully saturated rings. The van der Waals surface area contributed by atoms with E-state index in [1.807, 2.05) is 9.81 Å². The minimum absolute atomic E-state index is 0.622. The molecule has 0 nitrogen and oxygen atoms in total. The first-order valence-corrected chi connectivity index (χ1v) is 60.9. The van der Waals surface area contributed by atoms with E-state index in [1.54, 1.807) is 17.7 Å². The van der Waals surface area contributed by atoms with Crippen molar-refractivity contribution in [1.82, 2.24) is 0 Å². The zero-order valence-electron chi connectivity index (χ0n) is 26.6. The number of hydrogen-bond donors (Lipinski definition) is 0. The predicted molar refractivity (Wildman–Crippen MR) is 203 cm³/mol. The fourth-order valence-corrected chi connectivity index (χ4v) is 43.7. The summed E-state index contributed by atoms with van der Waals surface area (Å²) in [6, 6.07) is 19.2. The van der Waals surface area contributed by atoms with Crippen molar-refractivity contribution in [2.45, 2.75) is 59.3 Å². The van der Waals surface area contributed by atoms with Gasteiger partial charge in [0.2, 0.25) is 0 Å². The van der Waals surface area contributed by atoms with Gasteiger partial charge in [-0.15, -0.1) is 0 Å². The monoisotopic (exact) mass is 1230 g/mol. The second-order valence-corrected chi connectivity index (χ2v) is 90.6. The third-order valence-electron chi connectivity index (χ3n) is 6.29. The van der Waals surface area contributed by atoms with Gasteiger partial charge in [0.1, 0.15) is 0 Å². The molecule has 8 heteroatoms. The fraction of sp³-hybridized carbons (Fsp3) is 0.375. The summed E-state index contributed by atoms with van der Waals surface area (Å²) >= 11 is -4.68. The molecule has 0 bridgehead atoms. The maximum absolute atomic E-state index is 2.53. The van der Waals surface area contributed by atoms with Crippen LogP contribution in [0, 0.1) is 0 Å². The summed E-state index contributed by atoms with van der Waals surface area (Å²) in [6.45, 7) is 0. The van der Waals surface area contributed by atoms with Crippen LogP contribution in [-0.4, -0.2) is 132 Å². The first-order chi connectivity index (χ1) is 18.3. The third-order valence-corrected chi connectivity index (χ3v) is 72.8. The normalized spacial score (nSPS) is 13.3. The van der Waals surface area contributed by atoms with Crippen LogP contribution in [0.3, 0.4) is 0 Å². The van der Waals surface area contributed by atoms with Crippen molar-refractivity contribution >= 4 is 166 Å². The van der Waals surface area contributed by atoms with Crippen molar-refractivity contribution in [2.75, 3.05) is 0 Å². The average Bonchev–Trinajstić information content (AvgIpc) is 3.61. The molecule has 0 aliphatic carbocycles. The van der Waals surface area contributed by atoms with Gasteiger partial charge in [-0.2, -0.15) is 0 Å². The van der Waals surface area contributed by atoms with E-state index in [0.29, 0.717) is 58.0 Å². The molecule has 0 saturated carbocycles. The molecule has 0 aliphatic heterocycles. The Morgan fingerprint density at radius 2 is 0.500 bits per heavy atom. The number of hydrogen-bond acceptors (Lipinski definition) is 0. The topological polar surface area (TPSA) is 0 Å². The van der Waals surface area contributed by atoms with E-state index >= 15 is 0 Å². The van der Waals surface area contributed by atoms with Crippen LogP contribution < -0.4 is 9.81 Å². The molecule has 0 spiro atoms. The molecule has 0 radical (unpaired) electrons. The van der Waals surface area contributed by atoms with Crippen molar-refractivity contribution in [1.29, 1.82) is 0 Å². The molecule has 4 aromatic heterocycles. The van der Waals surface area contributed by atoms with Gasteiger partial charge in [0.05, 0.1) is 0 Å². The SMILES string of the molecule is [CH3][Sn]([CH3])([CH3])[c]1ccc(/C=C/c2cc[c]([Sn]([CH3])([CH3])[CH3])[se]2)[se]1.[CH3][Sn]([CH3])([CH3])[c]1ccc(/C=C/c2cc[c]([Sn]([CH3])([CH3])[CH3])[se]2)[se]1. The Labute approximate surface area is 286 Å². The molecular formula is C32H48Se4Sn4. The molecule has 0 aromatic carbocycles. The third kappa shape index (κ3) is 12.1. The quantitative estimate of drug-likeness (QED) is 0.187. The van der Waals surface area contributed by atoms with Gasteiger partial charge in [0, 0.05) is 0 Å². The van der Waals surface area contributed by atoms with Crippen LogP contribution in [0.2, 0.25) is 59.3 Å². The first kappa shape index (κ1) is 37.1. The van der Waals surface area contributed by atoms with Gasteiger partial charge in [-0.25, -0.2) is 0 Å². The molecule has 0 N–H and O–H groups in total. The van der Waals surface area contributed by atoms with E-state index in [2.05, 4.69) is 132 Å². The summed E-state index contributed by atoms with van der Waals surface area (Å²) in [4.78, 5) is 30.3. The second kappa shape index (κ2) is 15.5. The number of rotatable bonds is 8. The zero-order chi connectivity index (χ0) is 29.9. The molecule has 0 amide bonds. The van der Waals surface area contributed by atoms with Crippen LogP contribution in [0.4, 0.5) is 0 Å². The average molecular weight is 1220 g/mol. The van der Waals surface area contributed by atoms with Gasteiger partial charge in [-0.3, -0.25) is 0 Å². The molecule has 4 heterocycles. The Hall–Kier alpha value is 2.67. The summed E-state index contributed by atoms with van der Waals surface area (Å²) in [5.41, 5.74) is 0. The van der Waals surface area contributed by atoms with E-state index in [1.165, 1.54) is 0 Å². The van der Waals surface area contributed by atoms with E-state index in [0.717, 1.165) is 0 Å². The molecule has 0 unspecified atom stereocenters. The Morgan fingerprint density at radius 3 is 0.625 bits per heavy atom. The molecule has 40 heavy (non-hydrogen) atoms. The van der Waals surface area contributed by atoms with Crippen LogP contribution in [0.1, 0.15) is 17.7 Å². The van der Waals surface area contributed by atoms with Gasteiger partial charge < -0.3 is 0 Å². The van der Waals surface area contributed by atoms with Gasteiger partial charge >= 0.3 is 291 Å². The molecule has 216 valence electrons. The van der Waals surface area contributed by atoms with E-state index < -0.39 is 73.5 Å². The molecule has 4 aromatic rings. The Balaban J connectivity index is 0.000000220. The van der Waals surface area contributed by atoms with Crippen molar-refractivity contribution in [2.24, 2.45) is 0 Å². The standard InChI is InChI=1S/2C10H6Se2.12CH3.4Sn/c2*1-3-9(11-7-1)5-6-10-4-2-8-12-10;;;;;;;;;;;;;;;;/h2*1-6H;12*1H3;;;;/b2*6-5+;;;;;;;;;;;;;;;;. The van der Waals surface area contributed by atoms with Crippen LogP contribution in [-0.2, 0) is 0 Å². The Bertz CT molecular complexity index is 1220. The molecule has 4 rings (SSSR count). The Kier molecular flexibility index (Phi) is 14.4. The van der Waals surface area contributed by atoms with Crippen molar-refractivity contribution in [3.8, 4) is 0 Å². The summed E-state index contributed by atoms with van der Waals surface area (Å²) in [5, 5.41) is 0. The van der Waals surface area contributed by atoms with Gasteiger partial charge in [0.15, 0.2) is 0 Å². The van der Waals surface area contributed by atoms with Gasteiger partial charge in [-0.05, 0) is 0 Å². The summed E-state index contributed by atoms with van der Waals surface area (Å²) in [7, 11) is 0. The molecule has 0 atom stereocenters. The van der Waals surface area contributed by atoms with Crippen LogP contribution in [0.5, 0.6) is 0 Å². The first-order valence-electron chi connectivity index (χ1n) is 14.1. The predicted octanol–water partition coefficient (Wildman–Crippen LogP) is 6.12. The van der Waals surface area contributed by atoms with Crippen LogP contribution in [0.25, 0.3) is 24.3 Å².